The van der Waals surface area contributed by atoms with E-state index in [1.165, 1.54) is 0 Å². The standard InChI is InChI=1S/C28H33N3O3/c1-27(2)15-21-16-28(3,17-27)18-30(21)26(32)25-14-24(19-7-6-8-23(13-19)34-5)29-31(25)20-9-11-22(33-4)12-10-20/h6-14,21H,15-18H2,1-5H3. The van der Waals surface area contributed by atoms with Gasteiger partial charge in [0.15, 0.2) is 0 Å². The first-order chi connectivity index (χ1) is 16.2. The van der Waals surface area contributed by atoms with Gasteiger partial charge in [0.2, 0.25) is 0 Å². The van der Waals surface area contributed by atoms with Crippen molar-refractivity contribution in [2.24, 2.45) is 10.8 Å². The van der Waals surface area contributed by atoms with E-state index in [1.54, 1.807) is 18.9 Å². The molecule has 6 nitrogen and oxygen atoms in total. The summed E-state index contributed by atoms with van der Waals surface area (Å²) in [5, 5.41) is 4.88. The molecule has 2 bridgehead atoms. The van der Waals surface area contributed by atoms with Gasteiger partial charge in [-0.25, -0.2) is 4.68 Å². The number of carbonyl (C=O) groups excluding carboxylic acids is 1. The van der Waals surface area contributed by atoms with Crippen LogP contribution in [0.15, 0.2) is 54.6 Å². The van der Waals surface area contributed by atoms with Gasteiger partial charge in [0.05, 0.1) is 25.6 Å². The molecule has 1 aliphatic carbocycles. The van der Waals surface area contributed by atoms with Crippen LogP contribution in [0, 0.1) is 10.8 Å². The first-order valence-corrected chi connectivity index (χ1v) is 11.9. The van der Waals surface area contributed by atoms with Gasteiger partial charge in [-0.3, -0.25) is 4.79 Å². The van der Waals surface area contributed by atoms with Crippen molar-refractivity contribution in [3.8, 4) is 28.4 Å². The number of benzene rings is 2. The van der Waals surface area contributed by atoms with E-state index in [0.29, 0.717) is 5.69 Å². The van der Waals surface area contributed by atoms with Crippen LogP contribution in [-0.4, -0.2) is 47.4 Å². The van der Waals surface area contributed by atoms with Crippen molar-refractivity contribution in [1.29, 1.82) is 0 Å². The lowest BCUT2D eigenvalue weighted by Gasteiger charge is -2.39. The molecule has 2 aromatic carbocycles. The number of likely N-dealkylation sites (tertiary alicyclic amines) is 1. The second kappa shape index (κ2) is 8.19. The molecular weight excluding hydrogens is 426 g/mol. The largest absolute Gasteiger partial charge is 0.497 e. The normalized spacial score (nSPS) is 23.1. The Morgan fingerprint density at radius 3 is 2.41 bits per heavy atom. The monoisotopic (exact) mass is 459 g/mol. The Kier molecular flexibility index (Phi) is 5.42. The van der Waals surface area contributed by atoms with E-state index in [0.717, 1.165) is 54.3 Å². The first kappa shape index (κ1) is 22.5. The highest BCUT2D eigenvalue weighted by Gasteiger charge is 2.51. The van der Waals surface area contributed by atoms with Gasteiger partial charge in [0.1, 0.15) is 17.2 Å². The molecule has 2 aliphatic rings. The molecule has 0 radical (unpaired) electrons. The van der Waals surface area contributed by atoms with Crippen molar-refractivity contribution in [3.63, 3.8) is 0 Å². The maximum Gasteiger partial charge on any atom is 0.272 e. The summed E-state index contributed by atoms with van der Waals surface area (Å²) in [6, 6.07) is 17.6. The number of nitrogens with zero attached hydrogens (tertiary/aromatic N) is 3. The molecule has 0 spiro atoms. The van der Waals surface area contributed by atoms with Crippen LogP contribution in [0.1, 0.15) is 50.5 Å². The van der Waals surface area contributed by atoms with Crippen LogP contribution in [-0.2, 0) is 0 Å². The zero-order valence-corrected chi connectivity index (χ0v) is 20.7. The van der Waals surface area contributed by atoms with E-state index in [2.05, 4.69) is 25.7 Å². The molecule has 1 saturated heterocycles. The number of ether oxygens (including phenoxy) is 2. The molecule has 6 heteroatoms. The summed E-state index contributed by atoms with van der Waals surface area (Å²) < 4.78 is 12.5. The number of rotatable bonds is 5. The zero-order chi connectivity index (χ0) is 24.1. The minimum atomic E-state index is 0.0453. The number of hydrogen-bond acceptors (Lipinski definition) is 4. The predicted molar refractivity (Wildman–Crippen MR) is 133 cm³/mol. The molecular formula is C28H33N3O3. The van der Waals surface area contributed by atoms with Gasteiger partial charge in [-0.1, -0.05) is 32.9 Å². The molecule has 1 amide bonds. The minimum absolute atomic E-state index is 0.0453. The smallest absolute Gasteiger partial charge is 0.272 e. The molecule has 178 valence electrons. The molecule has 2 atom stereocenters. The Bertz CT molecular complexity index is 1210. The highest BCUT2D eigenvalue weighted by Crippen LogP contribution is 2.52. The fourth-order valence-electron chi connectivity index (χ4n) is 6.22. The molecule has 1 aromatic heterocycles. The lowest BCUT2D eigenvalue weighted by atomic mass is 9.65. The van der Waals surface area contributed by atoms with Gasteiger partial charge < -0.3 is 14.4 Å². The number of hydrogen-bond donors (Lipinski definition) is 0. The molecule has 2 unspecified atom stereocenters. The number of amides is 1. The predicted octanol–water partition coefficient (Wildman–Crippen LogP) is 5.60. The quantitative estimate of drug-likeness (QED) is 0.499. The van der Waals surface area contributed by atoms with Crippen LogP contribution in [0.5, 0.6) is 11.5 Å². The van der Waals surface area contributed by atoms with Crippen molar-refractivity contribution in [2.75, 3.05) is 20.8 Å². The average Bonchev–Trinajstić information content (AvgIpc) is 3.37. The SMILES string of the molecule is COc1ccc(-n2nc(-c3cccc(OC)c3)cc2C(=O)N2CC3(C)CC2CC(C)(C)C3)cc1. The fourth-order valence-corrected chi connectivity index (χ4v) is 6.22. The topological polar surface area (TPSA) is 56.6 Å². The van der Waals surface area contributed by atoms with E-state index in [9.17, 15) is 4.79 Å². The van der Waals surface area contributed by atoms with Crippen LogP contribution in [0.4, 0.5) is 0 Å². The van der Waals surface area contributed by atoms with E-state index in [1.807, 2.05) is 54.6 Å². The lowest BCUT2D eigenvalue weighted by molar-refractivity contribution is 0.0699. The van der Waals surface area contributed by atoms with Crippen LogP contribution in [0.2, 0.25) is 0 Å². The van der Waals surface area contributed by atoms with Crippen molar-refractivity contribution in [1.82, 2.24) is 14.7 Å². The van der Waals surface area contributed by atoms with Gasteiger partial charge in [0.25, 0.3) is 5.91 Å². The summed E-state index contributed by atoms with van der Waals surface area (Å²) in [4.78, 5) is 16.1. The van der Waals surface area contributed by atoms with Crippen molar-refractivity contribution < 1.29 is 14.3 Å². The molecule has 34 heavy (non-hydrogen) atoms. The Morgan fingerprint density at radius 1 is 0.971 bits per heavy atom. The molecule has 2 fully saturated rings. The third-order valence-corrected chi connectivity index (χ3v) is 7.29. The summed E-state index contributed by atoms with van der Waals surface area (Å²) >= 11 is 0. The first-order valence-electron chi connectivity index (χ1n) is 11.9. The summed E-state index contributed by atoms with van der Waals surface area (Å²) in [6.07, 6.45) is 3.25. The van der Waals surface area contributed by atoms with Crippen molar-refractivity contribution in [3.05, 3.63) is 60.3 Å². The summed E-state index contributed by atoms with van der Waals surface area (Å²) in [5.41, 5.74) is 3.47. The average molecular weight is 460 g/mol. The number of methoxy groups -OCH3 is 2. The maximum absolute atomic E-state index is 14.0. The van der Waals surface area contributed by atoms with Crippen molar-refractivity contribution in [2.45, 2.75) is 46.1 Å². The molecule has 1 saturated carbocycles. The fraction of sp³-hybridized carbons (Fsp3) is 0.429. The lowest BCUT2D eigenvalue weighted by Crippen LogP contribution is -2.38. The summed E-state index contributed by atoms with van der Waals surface area (Å²) in [6.45, 7) is 7.78. The van der Waals surface area contributed by atoms with Gasteiger partial charge in [-0.05, 0) is 72.6 Å². The van der Waals surface area contributed by atoms with E-state index in [-0.39, 0.29) is 22.8 Å². The molecule has 0 N–H and O–H groups in total. The molecule has 1 aliphatic heterocycles. The molecule has 2 heterocycles. The molecule has 3 aromatic rings. The summed E-state index contributed by atoms with van der Waals surface area (Å²) in [5.74, 6) is 1.57. The van der Waals surface area contributed by atoms with Gasteiger partial charge >= 0.3 is 0 Å². The second-order valence-corrected chi connectivity index (χ2v) is 10.9. The Balaban J connectivity index is 1.57. The summed E-state index contributed by atoms with van der Waals surface area (Å²) in [7, 11) is 3.30. The van der Waals surface area contributed by atoms with Crippen LogP contribution < -0.4 is 9.47 Å². The van der Waals surface area contributed by atoms with Crippen LogP contribution in [0.3, 0.4) is 0 Å². The Morgan fingerprint density at radius 2 is 1.71 bits per heavy atom. The third-order valence-electron chi connectivity index (χ3n) is 7.29. The Labute approximate surface area is 201 Å². The van der Waals surface area contributed by atoms with E-state index < -0.39 is 0 Å². The Hall–Kier alpha value is -3.28. The van der Waals surface area contributed by atoms with Crippen LogP contribution in [0.25, 0.3) is 16.9 Å². The maximum atomic E-state index is 14.0. The van der Waals surface area contributed by atoms with Crippen LogP contribution >= 0.6 is 0 Å². The highest BCUT2D eigenvalue weighted by molar-refractivity contribution is 5.95. The second-order valence-electron chi connectivity index (χ2n) is 10.9. The van der Waals surface area contributed by atoms with Gasteiger partial charge in [0, 0.05) is 18.2 Å². The zero-order valence-electron chi connectivity index (χ0n) is 20.7. The third kappa shape index (κ3) is 4.06. The highest BCUT2D eigenvalue weighted by atomic mass is 16.5. The number of carbonyl (C=O) groups is 1. The number of aromatic nitrogens is 2. The number of fused-ring (bicyclic) bond motifs is 2. The van der Waals surface area contributed by atoms with Gasteiger partial charge in [-0.2, -0.15) is 5.10 Å². The van der Waals surface area contributed by atoms with E-state index in [4.69, 9.17) is 14.6 Å². The minimum Gasteiger partial charge on any atom is -0.497 e. The van der Waals surface area contributed by atoms with E-state index >= 15 is 0 Å². The van der Waals surface area contributed by atoms with Gasteiger partial charge in [-0.15, -0.1) is 0 Å². The molecule has 5 rings (SSSR count). The van der Waals surface area contributed by atoms with Crippen molar-refractivity contribution >= 4 is 5.91 Å².